The number of nitrogens with one attached hydrogen (secondary N) is 1. The van der Waals surface area contributed by atoms with Gasteiger partial charge in [-0.25, -0.2) is 9.07 Å². The van der Waals surface area contributed by atoms with Crippen LogP contribution in [0.1, 0.15) is 11.3 Å². The van der Waals surface area contributed by atoms with E-state index >= 15 is 0 Å². The fourth-order valence-electron chi connectivity index (χ4n) is 1.78. The number of benzene rings is 1. The molecule has 2 aromatic rings. The molecular weight excluding hydrogens is 245 g/mol. The summed E-state index contributed by atoms with van der Waals surface area (Å²) in [6.07, 6.45) is 1.76. The molecule has 4 nitrogen and oxygen atoms in total. The average molecular weight is 263 g/mol. The van der Waals surface area contributed by atoms with Crippen LogP contribution in [0.15, 0.2) is 30.5 Å². The summed E-state index contributed by atoms with van der Waals surface area (Å²) >= 11 is 0. The van der Waals surface area contributed by atoms with Crippen molar-refractivity contribution in [3.05, 3.63) is 47.5 Å². The topological polar surface area (TPSA) is 39.1 Å². The summed E-state index contributed by atoms with van der Waals surface area (Å²) in [6, 6.07) is 6.99. The SMILES string of the molecule is COCCNCc1ccn(-c2ccc(C)cc2F)n1. The van der Waals surface area contributed by atoms with Gasteiger partial charge >= 0.3 is 0 Å². The van der Waals surface area contributed by atoms with Crippen LogP contribution in [-0.2, 0) is 11.3 Å². The largest absolute Gasteiger partial charge is 0.383 e. The molecule has 0 atom stereocenters. The highest BCUT2D eigenvalue weighted by Gasteiger charge is 2.06. The maximum absolute atomic E-state index is 13.8. The smallest absolute Gasteiger partial charge is 0.149 e. The molecule has 1 heterocycles. The lowest BCUT2D eigenvalue weighted by molar-refractivity contribution is 0.199. The number of aryl methyl sites for hydroxylation is 1. The molecule has 0 saturated heterocycles. The van der Waals surface area contributed by atoms with Crippen LogP contribution in [0, 0.1) is 12.7 Å². The molecule has 1 aromatic carbocycles. The number of ether oxygens (including phenoxy) is 1. The fourth-order valence-corrected chi connectivity index (χ4v) is 1.78. The fraction of sp³-hybridized carbons (Fsp3) is 0.357. The van der Waals surface area contributed by atoms with Crippen molar-refractivity contribution in [3.8, 4) is 5.69 Å². The minimum atomic E-state index is -0.262. The van der Waals surface area contributed by atoms with Crippen molar-refractivity contribution in [1.29, 1.82) is 0 Å². The number of nitrogens with zero attached hydrogens (tertiary/aromatic N) is 2. The molecule has 0 aliphatic rings. The first kappa shape index (κ1) is 13.7. The van der Waals surface area contributed by atoms with E-state index < -0.39 is 0 Å². The minimum Gasteiger partial charge on any atom is -0.383 e. The zero-order valence-corrected chi connectivity index (χ0v) is 11.2. The maximum atomic E-state index is 13.8. The molecule has 0 fully saturated rings. The molecule has 1 N–H and O–H groups in total. The highest BCUT2D eigenvalue weighted by Crippen LogP contribution is 2.14. The van der Waals surface area contributed by atoms with Crippen molar-refractivity contribution in [2.45, 2.75) is 13.5 Å². The monoisotopic (exact) mass is 263 g/mol. The zero-order chi connectivity index (χ0) is 13.7. The van der Waals surface area contributed by atoms with Gasteiger partial charge < -0.3 is 10.1 Å². The standard InChI is InChI=1S/C14H18FN3O/c1-11-3-4-14(13(15)9-11)18-7-5-12(17-18)10-16-6-8-19-2/h3-5,7,9,16H,6,8,10H2,1-2H3. The number of aromatic nitrogens is 2. The van der Waals surface area contributed by atoms with Gasteiger partial charge in [0.05, 0.1) is 12.3 Å². The third kappa shape index (κ3) is 3.62. The Hall–Kier alpha value is -1.72. The second kappa shape index (κ2) is 6.45. The Morgan fingerprint density at radius 2 is 2.21 bits per heavy atom. The molecule has 0 unspecified atom stereocenters. The summed E-state index contributed by atoms with van der Waals surface area (Å²) in [6.45, 7) is 3.93. The first-order valence-corrected chi connectivity index (χ1v) is 6.21. The molecule has 0 bridgehead atoms. The third-order valence-corrected chi connectivity index (χ3v) is 2.78. The summed E-state index contributed by atoms with van der Waals surface area (Å²) < 4.78 is 20.3. The second-order valence-corrected chi connectivity index (χ2v) is 4.38. The van der Waals surface area contributed by atoms with Crippen LogP contribution < -0.4 is 5.32 Å². The molecule has 0 saturated carbocycles. The first-order chi connectivity index (χ1) is 9.20. The van der Waals surface area contributed by atoms with Crippen molar-refractivity contribution < 1.29 is 9.13 Å². The third-order valence-electron chi connectivity index (χ3n) is 2.78. The molecule has 1 aromatic heterocycles. The van der Waals surface area contributed by atoms with Crippen LogP contribution in [0.5, 0.6) is 0 Å². The van der Waals surface area contributed by atoms with Gasteiger partial charge in [-0.3, -0.25) is 0 Å². The maximum Gasteiger partial charge on any atom is 0.149 e. The molecule has 0 spiro atoms. The molecule has 0 aliphatic carbocycles. The van der Waals surface area contributed by atoms with Crippen LogP contribution in [0.25, 0.3) is 5.69 Å². The summed E-state index contributed by atoms with van der Waals surface area (Å²) in [5.74, 6) is -0.262. The molecule has 102 valence electrons. The second-order valence-electron chi connectivity index (χ2n) is 4.38. The van der Waals surface area contributed by atoms with Gasteiger partial charge in [0.15, 0.2) is 0 Å². The Balaban J connectivity index is 2.04. The minimum absolute atomic E-state index is 0.262. The first-order valence-electron chi connectivity index (χ1n) is 6.21. The summed E-state index contributed by atoms with van der Waals surface area (Å²) in [5, 5.41) is 7.54. The molecule has 2 rings (SSSR count). The number of hydrogen-bond acceptors (Lipinski definition) is 3. The average Bonchev–Trinajstić information content (AvgIpc) is 2.83. The van der Waals surface area contributed by atoms with Crippen molar-refractivity contribution in [2.24, 2.45) is 0 Å². The Labute approximate surface area is 112 Å². The van der Waals surface area contributed by atoms with Gasteiger partial charge in [0, 0.05) is 26.4 Å². The van der Waals surface area contributed by atoms with Crippen molar-refractivity contribution in [2.75, 3.05) is 20.3 Å². The molecule has 5 heteroatoms. The van der Waals surface area contributed by atoms with E-state index in [1.807, 2.05) is 19.1 Å². The summed E-state index contributed by atoms with van der Waals surface area (Å²) in [4.78, 5) is 0. The number of halogens is 1. The van der Waals surface area contributed by atoms with Crippen LogP contribution in [-0.4, -0.2) is 30.0 Å². The van der Waals surface area contributed by atoms with Gasteiger partial charge in [0.25, 0.3) is 0 Å². The lowest BCUT2D eigenvalue weighted by atomic mass is 10.2. The van der Waals surface area contributed by atoms with Gasteiger partial charge in [-0.15, -0.1) is 0 Å². The molecule has 0 radical (unpaired) electrons. The van der Waals surface area contributed by atoms with Crippen molar-refractivity contribution >= 4 is 0 Å². The van der Waals surface area contributed by atoms with Crippen molar-refractivity contribution in [1.82, 2.24) is 15.1 Å². The van der Waals surface area contributed by atoms with E-state index in [-0.39, 0.29) is 5.82 Å². The number of methoxy groups -OCH3 is 1. The van der Waals surface area contributed by atoms with E-state index in [0.29, 0.717) is 18.8 Å². The van der Waals surface area contributed by atoms with Gasteiger partial charge in [-0.1, -0.05) is 6.07 Å². The normalized spacial score (nSPS) is 10.9. The van der Waals surface area contributed by atoms with E-state index in [1.165, 1.54) is 6.07 Å². The van der Waals surface area contributed by atoms with Gasteiger partial charge in [-0.05, 0) is 30.7 Å². The van der Waals surface area contributed by atoms with Crippen LogP contribution in [0.2, 0.25) is 0 Å². The highest BCUT2D eigenvalue weighted by atomic mass is 19.1. The Morgan fingerprint density at radius 1 is 1.37 bits per heavy atom. The van der Waals surface area contributed by atoms with E-state index in [9.17, 15) is 4.39 Å². The Morgan fingerprint density at radius 3 is 2.95 bits per heavy atom. The predicted molar refractivity (Wildman–Crippen MR) is 71.8 cm³/mol. The predicted octanol–water partition coefficient (Wildman–Crippen LogP) is 2.06. The number of hydrogen-bond donors (Lipinski definition) is 1. The van der Waals surface area contributed by atoms with E-state index in [0.717, 1.165) is 17.8 Å². The van der Waals surface area contributed by atoms with Crippen molar-refractivity contribution in [3.63, 3.8) is 0 Å². The molecule has 0 aliphatic heterocycles. The summed E-state index contributed by atoms with van der Waals surface area (Å²) in [7, 11) is 1.66. The van der Waals surface area contributed by atoms with Crippen LogP contribution in [0.3, 0.4) is 0 Å². The van der Waals surface area contributed by atoms with E-state index in [4.69, 9.17) is 4.74 Å². The van der Waals surface area contributed by atoms with E-state index in [2.05, 4.69) is 10.4 Å². The van der Waals surface area contributed by atoms with E-state index in [1.54, 1.807) is 24.1 Å². The Kier molecular flexibility index (Phi) is 4.65. The van der Waals surface area contributed by atoms with Crippen LogP contribution in [0.4, 0.5) is 4.39 Å². The highest BCUT2D eigenvalue weighted by molar-refractivity contribution is 5.35. The van der Waals surface area contributed by atoms with Gasteiger partial charge in [0.2, 0.25) is 0 Å². The molecule has 0 amide bonds. The summed E-state index contributed by atoms with van der Waals surface area (Å²) in [5.41, 5.74) is 2.24. The van der Waals surface area contributed by atoms with Gasteiger partial charge in [-0.2, -0.15) is 5.10 Å². The lowest BCUT2D eigenvalue weighted by Crippen LogP contribution is -2.18. The molecular formula is C14H18FN3O. The quantitative estimate of drug-likeness (QED) is 0.811. The van der Waals surface area contributed by atoms with Crippen LogP contribution >= 0.6 is 0 Å². The van der Waals surface area contributed by atoms with Gasteiger partial charge in [0.1, 0.15) is 11.5 Å². The zero-order valence-electron chi connectivity index (χ0n) is 11.2. The molecule has 19 heavy (non-hydrogen) atoms. The lowest BCUT2D eigenvalue weighted by Gasteiger charge is -2.04. The number of rotatable bonds is 6. The Bertz CT molecular complexity index is 539.